The highest BCUT2D eigenvalue weighted by Crippen LogP contribution is 2.21. The highest BCUT2D eigenvalue weighted by Gasteiger charge is 2.13. The third kappa shape index (κ3) is 1.71. The number of rotatable bonds is 4. The number of aliphatic hydroxyl groups excluding tert-OH is 1. The van der Waals surface area contributed by atoms with Crippen molar-refractivity contribution in [2.24, 2.45) is 7.05 Å². The second-order valence-corrected chi connectivity index (χ2v) is 3.50. The van der Waals surface area contributed by atoms with E-state index in [1.807, 2.05) is 18.9 Å². The Labute approximate surface area is 93.5 Å². The second-order valence-electron chi connectivity index (χ2n) is 3.50. The molecule has 0 amide bonds. The van der Waals surface area contributed by atoms with E-state index in [1.165, 1.54) is 6.33 Å². The fourth-order valence-electron chi connectivity index (χ4n) is 1.75. The van der Waals surface area contributed by atoms with Crippen LogP contribution in [0.1, 0.15) is 6.92 Å². The molecule has 1 N–H and O–H groups in total. The quantitative estimate of drug-likeness (QED) is 0.797. The van der Waals surface area contributed by atoms with Crippen LogP contribution < -0.4 is 4.90 Å². The van der Waals surface area contributed by atoms with E-state index in [2.05, 4.69) is 15.1 Å². The molecule has 16 heavy (non-hydrogen) atoms. The largest absolute Gasteiger partial charge is 0.395 e. The van der Waals surface area contributed by atoms with Crippen LogP contribution in [0.3, 0.4) is 0 Å². The Morgan fingerprint density at radius 2 is 2.25 bits per heavy atom. The fraction of sp³-hybridized carbons (Fsp3) is 0.500. The first kappa shape index (κ1) is 10.8. The first-order valence-corrected chi connectivity index (χ1v) is 5.26. The molecular formula is C10H15N5O. The Kier molecular flexibility index (Phi) is 3.00. The minimum atomic E-state index is 0.108. The molecule has 0 saturated carbocycles. The summed E-state index contributed by atoms with van der Waals surface area (Å²) in [5.74, 6) is 0.821. The number of aryl methyl sites for hydroxylation is 1. The van der Waals surface area contributed by atoms with E-state index in [4.69, 9.17) is 5.11 Å². The van der Waals surface area contributed by atoms with Crippen molar-refractivity contribution in [3.8, 4) is 0 Å². The highest BCUT2D eigenvalue weighted by molar-refractivity contribution is 5.85. The Hall–Kier alpha value is -1.69. The summed E-state index contributed by atoms with van der Waals surface area (Å²) in [5.41, 5.74) is 1.72. The molecule has 0 bridgehead atoms. The molecule has 0 aliphatic carbocycles. The van der Waals surface area contributed by atoms with Gasteiger partial charge in [-0.25, -0.2) is 9.97 Å². The topological polar surface area (TPSA) is 67.1 Å². The predicted molar refractivity (Wildman–Crippen MR) is 61.3 cm³/mol. The first-order chi connectivity index (χ1) is 7.77. The maximum absolute atomic E-state index is 9.01. The van der Waals surface area contributed by atoms with Crippen molar-refractivity contribution in [1.29, 1.82) is 0 Å². The van der Waals surface area contributed by atoms with Gasteiger partial charge in [-0.1, -0.05) is 0 Å². The second kappa shape index (κ2) is 4.44. The molecular weight excluding hydrogens is 206 g/mol. The first-order valence-electron chi connectivity index (χ1n) is 5.26. The van der Waals surface area contributed by atoms with Crippen molar-refractivity contribution in [1.82, 2.24) is 19.7 Å². The summed E-state index contributed by atoms with van der Waals surface area (Å²) in [7, 11) is 1.86. The zero-order valence-electron chi connectivity index (χ0n) is 9.46. The van der Waals surface area contributed by atoms with Gasteiger partial charge in [0.2, 0.25) is 0 Å². The summed E-state index contributed by atoms with van der Waals surface area (Å²) in [6, 6.07) is 0. The van der Waals surface area contributed by atoms with Crippen LogP contribution in [0.5, 0.6) is 0 Å². The lowest BCUT2D eigenvalue weighted by Gasteiger charge is -2.21. The van der Waals surface area contributed by atoms with E-state index < -0.39 is 0 Å². The van der Waals surface area contributed by atoms with Gasteiger partial charge in [0.1, 0.15) is 17.4 Å². The molecule has 0 saturated heterocycles. The van der Waals surface area contributed by atoms with E-state index in [-0.39, 0.29) is 6.61 Å². The van der Waals surface area contributed by atoms with E-state index in [0.29, 0.717) is 6.54 Å². The lowest BCUT2D eigenvalue weighted by molar-refractivity contribution is 0.302. The van der Waals surface area contributed by atoms with Gasteiger partial charge in [0, 0.05) is 20.1 Å². The maximum atomic E-state index is 9.01. The monoisotopic (exact) mass is 221 g/mol. The zero-order chi connectivity index (χ0) is 11.5. The standard InChI is InChI=1S/C10H15N5O/c1-3-15(4-5-16)10-9-8(11-7-12-10)6-13-14(9)2/h6-7,16H,3-5H2,1-2H3. The summed E-state index contributed by atoms with van der Waals surface area (Å²) in [6.45, 7) is 3.49. The molecule has 2 aromatic rings. The zero-order valence-corrected chi connectivity index (χ0v) is 9.46. The summed E-state index contributed by atoms with van der Waals surface area (Å²) in [6.07, 6.45) is 3.24. The molecule has 2 aromatic heterocycles. The smallest absolute Gasteiger partial charge is 0.158 e. The minimum Gasteiger partial charge on any atom is -0.395 e. The number of hydrogen-bond acceptors (Lipinski definition) is 5. The summed E-state index contributed by atoms with van der Waals surface area (Å²) in [5, 5.41) is 13.2. The van der Waals surface area contributed by atoms with Crippen molar-refractivity contribution in [2.45, 2.75) is 6.92 Å². The Morgan fingerprint density at radius 3 is 2.94 bits per heavy atom. The predicted octanol–water partition coefficient (Wildman–Crippen LogP) is 0.182. The molecule has 0 spiro atoms. The highest BCUT2D eigenvalue weighted by atomic mass is 16.3. The van der Waals surface area contributed by atoms with Crippen LogP contribution in [-0.4, -0.2) is 44.6 Å². The van der Waals surface area contributed by atoms with Crippen LogP contribution >= 0.6 is 0 Å². The molecule has 2 rings (SSSR count). The van der Waals surface area contributed by atoms with Crippen LogP contribution in [-0.2, 0) is 7.05 Å². The van der Waals surface area contributed by atoms with Crippen LogP contribution in [0.15, 0.2) is 12.5 Å². The van der Waals surface area contributed by atoms with Crippen molar-refractivity contribution in [2.75, 3.05) is 24.6 Å². The number of nitrogens with zero attached hydrogens (tertiary/aromatic N) is 5. The van der Waals surface area contributed by atoms with E-state index in [0.717, 1.165) is 23.4 Å². The molecule has 0 atom stereocenters. The Morgan fingerprint density at radius 1 is 1.44 bits per heavy atom. The van der Waals surface area contributed by atoms with Gasteiger partial charge in [0.15, 0.2) is 5.82 Å². The lowest BCUT2D eigenvalue weighted by Crippen LogP contribution is -2.27. The molecule has 0 unspecified atom stereocenters. The third-order valence-corrected chi connectivity index (χ3v) is 2.56. The van der Waals surface area contributed by atoms with Gasteiger partial charge in [-0.2, -0.15) is 5.10 Å². The lowest BCUT2D eigenvalue weighted by atomic mass is 10.4. The molecule has 0 aromatic carbocycles. The molecule has 86 valence electrons. The van der Waals surface area contributed by atoms with Crippen molar-refractivity contribution >= 4 is 16.9 Å². The van der Waals surface area contributed by atoms with Gasteiger partial charge in [-0.15, -0.1) is 0 Å². The number of aromatic nitrogens is 4. The van der Waals surface area contributed by atoms with Crippen LogP contribution in [0.4, 0.5) is 5.82 Å². The average molecular weight is 221 g/mol. The Balaban J connectivity index is 2.53. The summed E-state index contributed by atoms with van der Waals surface area (Å²) in [4.78, 5) is 10.4. The summed E-state index contributed by atoms with van der Waals surface area (Å²) >= 11 is 0. The number of hydrogen-bond donors (Lipinski definition) is 1. The van der Waals surface area contributed by atoms with Gasteiger partial charge < -0.3 is 10.0 Å². The normalized spacial score (nSPS) is 10.9. The number of fused-ring (bicyclic) bond motifs is 1. The molecule has 0 fully saturated rings. The Bertz CT molecular complexity index is 481. The number of aliphatic hydroxyl groups is 1. The van der Waals surface area contributed by atoms with Gasteiger partial charge in [0.25, 0.3) is 0 Å². The van der Waals surface area contributed by atoms with Crippen molar-refractivity contribution < 1.29 is 5.11 Å². The molecule has 0 aliphatic rings. The van der Waals surface area contributed by atoms with Gasteiger partial charge in [-0.05, 0) is 6.92 Å². The number of anilines is 1. The molecule has 0 aliphatic heterocycles. The molecule has 6 heteroatoms. The van der Waals surface area contributed by atoms with Gasteiger partial charge in [0.05, 0.1) is 12.8 Å². The number of likely N-dealkylation sites (N-methyl/N-ethyl adjacent to an activating group) is 1. The van der Waals surface area contributed by atoms with Crippen molar-refractivity contribution in [3.05, 3.63) is 12.5 Å². The van der Waals surface area contributed by atoms with Gasteiger partial charge in [-0.3, -0.25) is 4.68 Å². The maximum Gasteiger partial charge on any atom is 0.158 e. The van der Waals surface area contributed by atoms with E-state index in [9.17, 15) is 0 Å². The van der Waals surface area contributed by atoms with Crippen LogP contribution in [0, 0.1) is 0 Å². The molecule has 2 heterocycles. The van der Waals surface area contributed by atoms with Crippen LogP contribution in [0.25, 0.3) is 11.0 Å². The van der Waals surface area contributed by atoms with Gasteiger partial charge >= 0.3 is 0 Å². The van der Waals surface area contributed by atoms with E-state index in [1.54, 1.807) is 10.9 Å². The van der Waals surface area contributed by atoms with Crippen LogP contribution in [0.2, 0.25) is 0 Å². The molecule has 6 nitrogen and oxygen atoms in total. The summed E-state index contributed by atoms with van der Waals surface area (Å²) < 4.78 is 1.75. The average Bonchev–Trinajstić information content (AvgIpc) is 2.68. The SMILES string of the molecule is CCN(CCO)c1ncnc2cnn(C)c12. The molecule has 0 radical (unpaired) electrons. The van der Waals surface area contributed by atoms with E-state index >= 15 is 0 Å². The fourth-order valence-corrected chi connectivity index (χ4v) is 1.75. The van der Waals surface area contributed by atoms with Crippen molar-refractivity contribution in [3.63, 3.8) is 0 Å². The third-order valence-electron chi connectivity index (χ3n) is 2.56. The minimum absolute atomic E-state index is 0.108.